The summed E-state index contributed by atoms with van der Waals surface area (Å²) in [5, 5.41) is 10.1. The second-order valence-corrected chi connectivity index (χ2v) is 6.08. The average Bonchev–Trinajstić information content (AvgIpc) is 2.60. The van der Waals surface area contributed by atoms with Gasteiger partial charge in [-0.1, -0.05) is 49.4 Å². The Morgan fingerprint density at radius 3 is 2.57 bits per heavy atom. The molecular formula is C20H23NO2. The van der Waals surface area contributed by atoms with Crippen LogP contribution in [0.25, 0.3) is 0 Å². The van der Waals surface area contributed by atoms with Crippen LogP contribution in [0.3, 0.4) is 0 Å². The van der Waals surface area contributed by atoms with Crippen LogP contribution in [-0.4, -0.2) is 17.6 Å². The van der Waals surface area contributed by atoms with Gasteiger partial charge in [0, 0.05) is 24.2 Å². The molecule has 0 aromatic heterocycles. The van der Waals surface area contributed by atoms with Crippen molar-refractivity contribution in [1.82, 2.24) is 0 Å². The van der Waals surface area contributed by atoms with Crippen molar-refractivity contribution in [2.75, 3.05) is 11.4 Å². The van der Waals surface area contributed by atoms with Crippen LogP contribution in [0, 0.1) is 0 Å². The Hall–Kier alpha value is -2.13. The molecule has 1 aliphatic heterocycles. The van der Waals surface area contributed by atoms with Crippen molar-refractivity contribution in [3.8, 4) is 0 Å². The lowest BCUT2D eigenvalue weighted by Gasteiger charge is -2.32. The van der Waals surface area contributed by atoms with Crippen LogP contribution in [0.4, 0.5) is 5.69 Å². The Morgan fingerprint density at radius 2 is 1.83 bits per heavy atom. The van der Waals surface area contributed by atoms with Crippen LogP contribution < -0.4 is 4.90 Å². The zero-order valence-electron chi connectivity index (χ0n) is 13.5. The highest BCUT2D eigenvalue weighted by Gasteiger charge is 2.26. The molecule has 0 bridgehead atoms. The van der Waals surface area contributed by atoms with Crippen LogP contribution in [0.1, 0.15) is 42.6 Å². The van der Waals surface area contributed by atoms with Gasteiger partial charge >= 0.3 is 0 Å². The summed E-state index contributed by atoms with van der Waals surface area (Å²) >= 11 is 0. The molecule has 1 amide bonds. The molecule has 1 N–H and O–H groups in total. The first-order valence-electron chi connectivity index (χ1n) is 8.34. The molecule has 3 rings (SSSR count). The van der Waals surface area contributed by atoms with E-state index in [1.165, 1.54) is 11.1 Å². The maximum absolute atomic E-state index is 12.6. The summed E-state index contributed by atoms with van der Waals surface area (Å²) in [5.74, 6) is 0.129. The molecule has 0 spiro atoms. The molecule has 1 atom stereocenters. The molecule has 0 radical (unpaired) electrons. The summed E-state index contributed by atoms with van der Waals surface area (Å²) < 4.78 is 0. The van der Waals surface area contributed by atoms with Gasteiger partial charge in [0.1, 0.15) is 0 Å². The lowest BCUT2D eigenvalue weighted by atomic mass is 9.98. The number of hydrogen-bond acceptors (Lipinski definition) is 2. The van der Waals surface area contributed by atoms with Crippen molar-refractivity contribution in [1.29, 1.82) is 0 Å². The number of amides is 1. The highest BCUT2D eigenvalue weighted by Crippen LogP contribution is 2.33. The van der Waals surface area contributed by atoms with E-state index in [1.54, 1.807) is 0 Å². The number of para-hydroxylation sites is 1. The van der Waals surface area contributed by atoms with Crippen molar-refractivity contribution in [2.24, 2.45) is 0 Å². The Bertz CT molecular complexity index is 678. The topological polar surface area (TPSA) is 40.5 Å². The number of benzene rings is 2. The zero-order valence-corrected chi connectivity index (χ0v) is 13.5. The van der Waals surface area contributed by atoms with E-state index in [9.17, 15) is 9.90 Å². The van der Waals surface area contributed by atoms with Gasteiger partial charge in [-0.2, -0.15) is 0 Å². The van der Waals surface area contributed by atoms with E-state index in [4.69, 9.17) is 0 Å². The summed E-state index contributed by atoms with van der Waals surface area (Å²) in [6.07, 6.45) is 2.43. The van der Waals surface area contributed by atoms with Gasteiger partial charge in [-0.15, -0.1) is 0 Å². The van der Waals surface area contributed by atoms with Gasteiger partial charge in [0.15, 0.2) is 0 Å². The summed E-state index contributed by atoms with van der Waals surface area (Å²) in [6, 6.07) is 16.1. The predicted molar refractivity (Wildman–Crippen MR) is 92.5 cm³/mol. The fraction of sp³-hybridized carbons (Fsp3) is 0.350. The van der Waals surface area contributed by atoms with E-state index in [2.05, 4.69) is 31.2 Å². The van der Waals surface area contributed by atoms with E-state index < -0.39 is 6.10 Å². The normalized spacial score (nSPS) is 17.0. The zero-order chi connectivity index (χ0) is 16.2. The number of anilines is 1. The molecule has 0 aliphatic carbocycles. The molecule has 1 aliphatic rings. The second kappa shape index (κ2) is 6.97. The summed E-state index contributed by atoms with van der Waals surface area (Å²) in [4.78, 5) is 14.4. The number of hydrogen-bond donors (Lipinski definition) is 1. The Balaban J connectivity index is 1.67. The quantitative estimate of drug-likeness (QED) is 0.936. The van der Waals surface area contributed by atoms with Crippen molar-refractivity contribution in [3.63, 3.8) is 0 Å². The molecule has 0 fully saturated rings. The van der Waals surface area contributed by atoms with E-state index in [1.807, 2.05) is 29.2 Å². The number of fused-ring (bicyclic) bond motifs is 1. The summed E-state index contributed by atoms with van der Waals surface area (Å²) in [6.45, 7) is 2.73. The van der Waals surface area contributed by atoms with E-state index in [0.717, 1.165) is 24.1 Å². The highest BCUT2D eigenvalue weighted by atomic mass is 16.3. The third-order valence-electron chi connectivity index (χ3n) is 4.57. The average molecular weight is 309 g/mol. The number of nitrogens with zero attached hydrogens (tertiary/aromatic N) is 1. The fourth-order valence-electron chi connectivity index (χ4n) is 3.13. The fourth-order valence-corrected chi connectivity index (χ4v) is 3.13. The molecule has 120 valence electrons. The van der Waals surface area contributed by atoms with Crippen molar-refractivity contribution < 1.29 is 9.90 Å². The third-order valence-corrected chi connectivity index (χ3v) is 4.57. The summed E-state index contributed by atoms with van der Waals surface area (Å²) in [7, 11) is 0. The van der Waals surface area contributed by atoms with Crippen LogP contribution in [0.15, 0.2) is 48.5 Å². The monoisotopic (exact) mass is 309 g/mol. The predicted octanol–water partition coefficient (Wildman–Crippen LogP) is 3.65. The molecule has 23 heavy (non-hydrogen) atoms. The number of rotatable bonds is 4. The number of carbonyl (C=O) groups is 1. The van der Waals surface area contributed by atoms with Crippen LogP contribution in [-0.2, 0) is 17.6 Å². The number of aliphatic hydroxyl groups excluding tert-OH is 1. The Kier molecular flexibility index (Phi) is 4.77. The molecule has 1 unspecified atom stereocenters. The van der Waals surface area contributed by atoms with Gasteiger partial charge in [0.05, 0.1) is 6.10 Å². The van der Waals surface area contributed by atoms with Gasteiger partial charge in [-0.05, 0) is 36.5 Å². The molecule has 2 aromatic rings. The molecular weight excluding hydrogens is 286 g/mol. The number of carbonyl (C=O) groups excluding carboxylic acids is 1. The lowest BCUT2D eigenvalue weighted by Crippen LogP contribution is -2.36. The second-order valence-electron chi connectivity index (χ2n) is 6.08. The molecule has 0 saturated carbocycles. The number of aliphatic hydroxyl groups is 1. The lowest BCUT2D eigenvalue weighted by molar-refractivity contribution is -0.118. The first kappa shape index (κ1) is 15.8. The van der Waals surface area contributed by atoms with Crippen LogP contribution >= 0.6 is 0 Å². The number of aryl methyl sites for hydroxylation is 2. The standard InChI is InChI=1S/C20H23NO2/c1-2-15-7-9-16(10-8-15)11-12-20(23)21-14-13-19(22)17-5-3-4-6-18(17)21/h3-10,19,22H,2,11-14H2,1H3. The van der Waals surface area contributed by atoms with Gasteiger partial charge < -0.3 is 10.0 Å². The molecule has 3 nitrogen and oxygen atoms in total. The van der Waals surface area contributed by atoms with E-state index in [0.29, 0.717) is 19.4 Å². The highest BCUT2D eigenvalue weighted by molar-refractivity contribution is 5.94. The minimum Gasteiger partial charge on any atom is -0.388 e. The maximum Gasteiger partial charge on any atom is 0.227 e. The van der Waals surface area contributed by atoms with Gasteiger partial charge in [0.2, 0.25) is 5.91 Å². The largest absolute Gasteiger partial charge is 0.388 e. The van der Waals surface area contributed by atoms with E-state index >= 15 is 0 Å². The van der Waals surface area contributed by atoms with Gasteiger partial charge in [-0.3, -0.25) is 4.79 Å². The van der Waals surface area contributed by atoms with Gasteiger partial charge in [0.25, 0.3) is 0 Å². The Labute approximate surface area is 137 Å². The first-order valence-corrected chi connectivity index (χ1v) is 8.34. The SMILES string of the molecule is CCc1ccc(CCC(=O)N2CCC(O)c3ccccc32)cc1. The Morgan fingerprint density at radius 1 is 1.13 bits per heavy atom. The van der Waals surface area contributed by atoms with Gasteiger partial charge in [-0.25, -0.2) is 0 Å². The smallest absolute Gasteiger partial charge is 0.227 e. The van der Waals surface area contributed by atoms with Crippen molar-refractivity contribution in [2.45, 2.75) is 38.7 Å². The minimum atomic E-state index is -0.461. The summed E-state index contributed by atoms with van der Waals surface area (Å²) in [5.41, 5.74) is 4.23. The van der Waals surface area contributed by atoms with Crippen molar-refractivity contribution >= 4 is 11.6 Å². The van der Waals surface area contributed by atoms with E-state index in [-0.39, 0.29) is 5.91 Å². The molecule has 2 aromatic carbocycles. The first-order chi connectivity index (χ1) is 11.2. The van der Waals surface area contributed by atoms with Crippen LogP contribution in [0.5, 0.6) is 0 Å². The van der Waals surface area contributed by atoms with Crippen molar-refractivity contribution in [3.05, 3.63) is 65.2 Å². The molecule has 0 saturated heterocycles. The third kappa shape index (κ3) is 3.45. The van der Waals surface area contributed by atoms with Crippen LogP contribution in [0.2, 0.25) is 0 Å². The molecule has 1 heterocycles. The molecule has 3 heteroatoms. The minimum absolute atomic E-state index is 0.129. The maximum atomic E-state index is 12.6.